The zero-order valence-electron chi connectivity index (χ0n) is 14.5. The Morgan fingerprint density at radius 1 is 1.38 bits per heavy atom. The molecule has 1 N–H and O–H groups in total. The third-order valence-electron chi connectivity index (χ3n) is 5.33. The zero-order valence-corrected chi connectivity index (χ0v) is 14.5. The number of methoxy groups -OCH3 is 1. The predicted molar refractivity (Wildman–Crippen MR) is 88.7 cm³/mol. The van der Waals surface area contributed by atoms with Crippen LogP contribution in [0.15, 0.2) is 12.3 Å². The number of aromatic nitrogens is 2. The van der Waals surface area contributed by atoms with E-state index in [2.05, 4.69) is 10.4 Å². The van der Waals surface area contributed by atoms with Crippen molar-refractivity contribution in [3.05, 3.63) is 18.0 Å². The van der Waals surface area contributed by atoms with Crippen LogP contribution in [0.4, 0.5) is 0 Å². The summed E-state index contributed by atoms with van der Waals surface area (Å²) in [5.74, 6) is -0.292. The SMILES string of the molecule is CNC(=O)C1(COC)CCCN1C(=O)c1ccnn1C1CCCC1. The van der Waals surface area contributed by atoms with E-state index in [9.17, 15) is 9.59 Å². The molecule has 132 valence electrons. The lowest BCUT2D eigenvalue weighted by Gasteiger charge is -2.36. The van der Waals surface area contributed by atoms with Gasteiger partial charge in [0.1, 0.15) is 11.2 Å². The first-order valence-electron chi connectivity index (χ1n) is 8.70. The van der Waals surface area contributed by atoms with Gasteiger partial charge in [-0.25, -0.2) is 0 Å². The first kappa shape index (κ1) is 17.0. The molecule has 0 spiro atoms. The minimum absolute atomic E-state index is 0.127. The molecule has 0 aromatic carbocycles. The van der Waals surface area contributed by atoms with E-state index in [1.54, 1.807) is 31.3 Å². The zero-order chi connectivity index (χ0) is 17.2. The molecule has 0 bridgehead atoms. The summed E-state index contributed by atoms with van der Waals surface area (Å²) >= 11 is 0. The number of nitrogens with one attached hydrogen (secondary N) is 1. The molecule has 1 atom stereocenters. The number of rotatable bonds is 5. The minimum atomic E-state index is -0.925. The Morgan fingerprint density at radius 2 is 2.12 bits per heavy atom. The molecule has 1 aromatic heterocycles. The van der Waals surface area contributed by atoms with E-state index in [0.717, 1.165) is 19.3 Å². The van der Waals surface area contributed by atoms with Gasteiger partial charge in [-0.1, -0.05) is 12.8 Å². The Hall–Kier alpha value is -1.89. The normalized spacial score (nSPS) is 24.5. The van der Waals surface area contributed by atoms with E-state index >= 15 is 0 Å². The predicted octanol–water partition coefficient (Wildman–Crippen LogP) is 1.37. The van der Waals surface area contributed by atoms with Crippen molar-refractivity contribution in [3.63, 3.8) is 0 Å². The van der Waals surface area contributed by atoms with Crippen LogP contribution in [0, 0.1) is 0 Å². The number of likely N-dealkylation sites (N-methyl/N-ethyl adjacent to an activating group) is 1. The van der Waals surface area contributed by atoms with Crippen LogP contribution >= 0.6 is 0 Å². The summed E-state index contributed by atoms with van der Waals surface area (Å²) in [6.07, 6.45) is 7.55. The van der Waals surface area contributed by atoms with Crippen molar-refractivity contribution >= 4 is 11.8 Å². The van der Waals surface area contributed by atoms with Gasteiger partial charge in [0.25, 0.3) is 5.91 Å². The summed E-state index contributed by atoms with van der Waals surface area (Å²) < 4.78 is 7.16. The maximum absolute atomic E-state index is 13.2. The Kier molecular flexibility index (Phi) is 4.89. The molecule has 2 fully saturated rings. The molecule has 2 amide bonds. The Balaban J connectivity index is 1.91. The van der Waals surface area contributed by atoms with Crippen LogP contribution < -0.4 is 5.32 Å². The van der Waals surface area contributed by atoms with Gasteiger partial charge in [0.05, 0.1) is 12.6 Å². The largest absolute Gasteiger partial charge is 0.382 e. The Labute approximate surface area is 142 Å². The fourth-order valence-corrected chi connectivity index (χ4v) is 4.16. The first-order valence-corrected chi connectivity index (χ1v) is 8.70. The molecule has 2 heterocycles. The Morgan fingerprint density at radius 3 is 2.79 bits per heavy atom. The molecule has 1 aliphatic carbocycles. The lowest BCUT2D eigenvalue weighted by molar-refractivity contribution is -0.133. The highest BCUT2D eigenvalue weighted by Crippen LogP contribution is 2.34. The second-order valence-corrected chi connectivity index (χ2v) is 6.70. The fraction of sp³-hybridized carbons (Fsp3) is 0.706. The molecule has 2 aliphatic rings. The van der Waals surface area contributed by atoms with Crippen molar-refractivity contribution in [2.45, 2.75) is 50.1 Å². The number of hydrogen-bond acceptors (Lipinski definition) is 4. The number of carbonyl (C=O) groups excluding carboxylic acids is 2. The lowest BCUT2D eigenvalue weighted by Crippen LogP contribution is -2.59. The van der Waals surface area contributed by atoms with Crippen LogP contribution in [0.25, 0.3) is 0 Å². The van der Waals surface area contributed by atoms with E-state index < -0.39 is 5.54 Å². The van der Waals surface area contributed by atoms with Crippen molar-refractivity contribution in [3.8, 4) is 0 Å². The highest BCUT2D eigenvalue weighted by Gasteiger charge is 2.50. The van der Waals surface area contributed by atoms with Gasteiger partial charge in [0.2, 0.25) is 5.91 Å². The van der Waals surface area contributed by atoms with Gasteiger partial charge < -0.3 is 15.0 Å². The van der Waals surface area contributed by atoms with Crippen LogP contribution in [0.5, 0.6) is 0 Å². The third-order valence-corrected chi connectivity index (χ3v) is 5.33. The molecule has 7 heteroatoms. The third kappa shape index (κ3) is 2.70. The smallest absolute Gasteiger partial charge is 0.273 e. The summed E-state index contributed by atoms with van der Waals surface area (Å²) in [6.45, 7) is 0.765. The number of ether oxygens (including phenoxy) is 1. The average Bonchev–Trinajstić information content (AvgIpc) is 3.32. The summed E-state index contributed by atoms with van der Waals surface area (Å²) in [5.41, 5.74) is -0.348. The molecule has 3 rings (SSSR count). The standard InChI is InChI=1S/C17H26N4O3/c1-18-16(23)17(12-24-2)9-5-11-20(17)15(22)14-8-10-19-21(14)13-6-3-4-7-13/h8,10,13H,3-7,9,11-12H2,1-2H3,(H,18,23). The van der Waals surface area contributed by atoms with Crippen LogP contribution in [0.1, 0.15) is 55.1 Å². The number of hydrogen-bond donors (Lipinski definition) is 1. The van der Waals surface area contributed by atoms with Crippen molar-refractivity contribution in [1.29, 1.82) is 0 Å². The molecule has 1 aliphatic heterocycles. The summed E-state index contributed by atoms with van der Waals surface area (Å²) in [6, 6.07) is 2.05. The number of nitrogens with zero attached hydrogens (tertiary/aromatic N) is 3. The summed E-state index contributed by atoms with van der Waals surface area (Å²) in [4.78, 5) is 27.4. The number of likely N-dealkylation sites (tertiary alicyclic amines) is 1. The molecule has 1 aromatic rings. The molecule has 1 saturated carbocycles. The monoisotopic (exact) mass is 334 g/mol. The molecule has 1 saturated heterocycles. The fourth-order valence-electron chi connectivity index (χ4n) is 4.16. The number of carbonyl (C=O) groups is 2. The van der Waals surface area contributed by atoms with Crippen molar-refractivity contribution in [1.82, 2.24) is 20.0 Å². The van der Waals surface area contributed by atoms with Gasteiger partial charge in [-0.05, 0) is 31.7 Å². The second-order valence-electron chi connectivity index (χ2n) is 6.70. The molecule has 0 radical (unpaired) electrons. The highest BCUT2D eigenvalue weighted by molar-refractivity contribution is 5.98. The molecule has 7 nitrogen and oxygen atoms in total. The van der Waals surface area contributed by atoms with Gasteiger partial charge >= 0.3 is 0 Å². The Bertz CT molecular complexity index is 609. The molecule has 24 heavy (non-hydrogen) atoms. The molecular formula is C17H26N4O3. The molecule has 1 unspecified atom stereocenters. The van der Waals surface area contributed by atoms with Gasteiger partial charge in [-0.3, -0.25) is 14.3 Å². The highest BCUT2D eigenvalue weighted by atomic mass is 16.5. The lowest BCUT2D eigenvalue weighted by atomic mass is 9.95. The van der Waals surface area contributed by atoms with Gasteiger partial charge in [-0.15, -0.1) is 0 Å². The van der Waals surface area contributed by atoms with E-state index in [0.29, 0.717) is 24.7 Å². The van der Waals surface area contributed by atoms with E-state index in [1.807, 2.05) is 4.68 Å². The summed E-state index contributed by atoms with van der Waals surface area (Å²) in [7, 11) is 3.16. The van der Waals surface area contributed by atoms with Crippen LogP contribution in [0.3, 0.4) is 0 Å². The van der Waals surface area contributed by atoms with Gasteiger partial charge in [-0.2, -0.15) is 5.10 Å². The van der Waals surface area contributed by atoms with E-state index in [4.69, 9.17) is 4.74 Å². The molecular weight excluding hydrogens is 308 g/mol. The van der Waals surface area contributed by atoms with E-state index in [-0.39, 0.29) is 18.4 Å². The topological polar surface area (TPSA) is 76.5 Å². The number of amides is 2. The minimum Gasteiger partial charge on any atom is -0.382 e. The first-order chi connectivity index (χ1) is 11.6. The van der Waals surface area contributed by atoms with Crippen LogP contribution in [0.2, 0.25) is 0 Å². The van der Waals surface area contributed by atoms with Crippen LogP contribution in [-0.2, 0) is 9.53 Å². The van der Waals surface area contributed by atoms with Gasteiger partial charge in [0, 0.05) is 26.9 Å². The average molecular weight is 334 g/mol. The van der Waals surface area contributed by atoms with Crippen molar-refractivity contribution < 1.29 is 14.3 Å². The quantitative estimate of drug-likeness (QED) is 0.882. The second kappa shape index (κ2) is 6.93. The van der Waals surface area contributed by atoms with Gasteiger partial charge in [0.15, 0.2) is 0 Å². The summed E-state index contributed by atoms with van der Waals surface area (Å²) in [5, 5.41) is 7.08. The maximum Gasteiger partial charge on any atom is 0.273 e. The van der Waals surface area contributed by atoms with Crippen molar-refractivity contribution in [2.24, 2.45) is 0 Å². The maximum atomic E-state index is 13.2. The van der Waals surface area contributed by atoms with E-state index in [1.165, 1.54) is 12.8 Å². The van der Waals surface area contributed by atoms with Crippen LogP contribution in [-0.4, -0.2) is 59.3 Å². The van der Waals surface area contributed by atoms with Crippen molar-refractivity contribution in [2.75, 3.05) is 27.3 Å².